The zero-order chi connectivity index (χ0) is 19.3. The number of halogens is 3. The van der Waals surface area contributed by atoms with Gasteiger partial charge in [0.05, 0.1) is 11.6 Å². The van der Waals surface area contributed by atoms with E-state index in [2.05, 4.69) is 20.6 Å². The molecule has 0 atom stereocenters. The summed E-state index contributed by atoms with van der Waals surface area (Å²) >= 11 is 0. The van der Waals surface area contributed by atoms with Crippen molar-refractivity contribution >= 4 is 0 Å². The van der Waals surface area contributed by atoms with E-state index in [9.17, 15) is 18.4 Å². The van der Waals surface area contributed by atoms with Gasteiger partial charge in [-0.3, -0.25) is 9.80 Å². The van der Waals surface area contributed by atoms with Crippen molar-refractivity contribution in [1.29, 1.82) is 5.26 Å². The topological polar surface area (TPSA) is 39.5 Å². The first-order valence-electron chi connectivity index (χ1n) is 8.70. The van der Waals surface area contributed by atoms with Crippen LogP contribution in [0.25, 0.3) is 0 Å². The number of hydrogen-bond acceptors (Lipinski definition) is 4. The third-order valence-electron chi connectivity index (χ3n) is 4.56. The molecule has 0 bridgehead atoms. The molecule has 0 aliphatic carbocycles. The minimum Gasteiger partial charge on any atom is -0.406 e. The average molecular weight is 375 g/mol. The highest BCUT2D eigenvalue weighted by atomic mass is 19.4. The van der Waals surface area contributed by atoms with Crippen LogP contribution in [-0.4, -0.2) is 42.3 Å². The molecule has 0 N–H and O–H groups in total. The monoisotopic (exact) mass is 375 g/mol. The van der Waals surface area contributed by atoms with Crippen LogP contribution in [-0.2, 0) is 13.1 Å². The summed E-state index contributed by atoms with van der Waals surface area (Å²) < 4.78 is 40.5. The Morgan fingerprint density at radius 1 is 0.889 bits per heavy atom. The summed E-state index contributed by atoms with van der Waals surface area (Å²) in [7, 11) is 0. The third kappa shape index (κ3) is 5.71. The zero-order valence-corrected chi connectivity index (χ0v) is 14.7. The standard InChI is InChI=1S/C20H20F3N3O/c21-20(22,23)27-19-7-5-16(6-8-19)14-25-9-11-26(12-10-25)15-18-4-2-1-3-17(18)13-24/h1-8H,9-12,14-15H2. The molecule has 1 saturated heterocycles. The first-order chi connectivity index (χ1) is 12.9. The van der Waals surface area contributed by atoms with E-state index < -0.39 is 6.36 Å². The van der Waals surface area contributed by atoms with Gasteiger partial charge in [-0.1, -0.05) is 30.3 Å². The molecule has 0 radical (unpaired) electrons. The van der Waals surface area contributed by atoms with Crippen molar-refractivity contribution in [2.24, 2.45) is 0 Å². The van der Waals surface area contributed by atoms with Crippen LogP contribution >= 0.6 is 0 Å². The largest absolute Gasteiger partial charge is 0.573 e. The summed E-state index contributed by atoms with van der Waals surface area (Å²) in [5.74, 6) is -0.202. The van der Waals surface area contributed by atoms with E-state index in [4.69, 9.17) is 0 Å². The van der Waals surface area contributed by atoms with Crippen LogP contribution in [0.15, 0.2) is 48.5 Å². The molecule has 1 heterocycles. The molecule has 1 fully saturated rings. The molecule has 3 rings (SSSR count). The van der Waals surface area contributed by atoms with Gasteiger partial charge in [-0.2, -0.15) is 5.26 Å². The molecule has 0 spiro atoms. The number of piperazine rings is 1. The van der Waals surface area contributed by atoms with Crippen molar-refractivity contribution in [3.63, 3.8) is 0 Å². The number of nitrogens with zero attached hydrogens (tertiary/aromatic N) is 3. The van der Waals surface area contributed by atoms with Crippen LogP contribution in [0.4, 0.5) is 13.2 Å². The second-order valence-corrected chi connectivity index (χ2v) is 6.51. The van der Waals surface area contributed by atoms with Gasteiger partial charge in [0.15, 0.2) is 0 Å². The van der Waals surface area contributed by atoms with Crippen LogP contribution in [0.5, 0.6) is 5.75 Å². The molecule has 0 aromatic heterocycles. The highest BCUT2D eigenvalue weighted by molar-refractivity contribution is 5.37. The van der Waals surface area contributed by atoms with Crippen LogP contribution < -0.4 is 4.74 Å². The normalized spacial score (nSPS) is 16.1. The summed E-state index contributed by atoms with van der Waals surface area (Å²) in [5, 5.41) is 9.19. The number of nitriles is 1. The molecule has 0 saturated carbocycles. The SMILES string of the molecule is N#Cc1ccccc1CN1CCN(Cc2ccc(OC(F)(F)F)cc2)CC1. The summed E-state index contributed by atoms with van der Waals surface area (Å²) in [6, 6.07) is 15.9. The van der Waals surface area contributed by atoms with Crippen molar-refractivity contribution in [1.82, 2.24) is 9.80 Å². The second-order valence-electron chi connectivity index (χ2n) is 6.51. The predicted octanol–water partition coefficient (Wildman–Crippen LogP) is 3.77. The fourth-order valence-electron chi connectivity index (χ4n) is 3.17. The van der Waals surface area contributed by atoms with Gasteiger partial charge < -0.3 is 4.74 Å². The first-order valence-corrected chi connectivity index (χ1v) is 8.70. The lowest BCUT2D eigenvalue weighted by Gasteiger charge is -2.34. The Morgan fingerprint density at radius 3 is 2.07 bits per heavy atom. The summed E-state index contributed by atoms with van der Waals surface area (Å²) in [6.07, 6.45) is -4.66. The number of ether oxygens (including phenoxy) is 1. The van der Waals surface area contributed by atoms with Crippen LogP contribution in [0.3, 0.4) is 0 Å². The molecular formula is C20H20F3N3O. The van der Waals surface area contributed by atoms with Gasteiger partial charge in [-0.25, -0.2) is 0 Å². The van der Waals surface area contributed by atoms with Crippen molar-refractivity contribution < 1.29 is 17.9 Å². The van der Waals surface area contributed by atoms with Gasteiger partial charge in [-0.05, 0) is 29.3 Å². The van der Waals surface area contributed by atoms with Gasteiger partial charge in [0.1, 0.15) is 5.75 Å². The maximum Gasteiger partial charge on any atom is 0.573 e. The second kappa shape index (κ2) is 8.42. The Balaban J connectivity index is 1.49. The summed E-state index contributed by atoms with van der Waals surface area (Å²) in [4.78, 5) is 4.58. The fraction of sp³-hybridized carbons (Fsp3) is 0.350. The minimum absolute atomic E-state index is 0.202. The van der Waals surface area contributed by atoms with E-state index in [-0.39, 0.29) is 5.75 Å². The van der Waals surface area contributed by atoms with Crippen molar-refractivity contribution in [2.45, 2.75) is 19.5 Å². The molecule has 0 unspecified atom stereocenters. The molecule has 1 aliphatic heterocycles. The van der Waals surface area contributed by atoms with Gasteiger partial charge >= 0.3 is 6.36 Å². The smallest absolute Gasteiger partial charge is 0.406 e. The molecule has 1 aliphatic rings. The molecular weight excluding hydrogens is 355 g/mol. The highest BCUT2D eigenvalue weighted by Gasteiger charge is 2.31. The van der Waals surface area contributed by atoms with Crippen molar-refractivity contribution in [2.75, 3.05) is 26.2 Å². The van der Waals surface area contributed by atoms with Gasteiger partial charge in [-0.15, -0.1) is 13.2 Å². The van der Waals surface area contributed by atoms with Crippen LogP contribution in [0, 0.1) is 11.3 Å². The van der Waals surface area contributed by atoms with Crippen LogP contribution in [0.2, 0.25) is 0 Å². The maximum atomic E-state index is 12.2. The summed E-state index contributed by atoms with van der Waals surface area (Å²) in [5.41, 5.74) is 2.70. The van der Waals surface area contributed by atoms with Gasteiger partial charge in [0.2, 0.25) is 0 Å². The number of benzene rings is 2. The van der Waals surface area contributed by atoms with E-state index in [1.54, 1.807) is 12.1 Å². The lowest BCUT2D eigenvalue weighted by atomic mass is 10.1. The third-order valence-corrected chi connectivity index (χ3v) is 4.56. The van der Waals surface area contributed by atoms with E-state index in [0.29, 0.717) is 12.1 Å². The predicted molar refractivity (Wildman–Crippen MR) is 94.8 cm³/mol. The average Bonchev–Trinajstić information content (AvgIpc) is 2.64. The van der Waals surface area contributed by atoms with E-state index >= 15 is 0 Å². The Bertz CT molecular complexity index is 791. The number of hydrogen-bond donors (Lipinski definition) is 0. The molecule has 2 aromatic carbocycles. The molecule has 4 nitrogen and oxygen atoms in total. The quantitative estimate of drug-likeness (QED) is 0.798. The minimum atomic E-state index is -4.66. The fourth-order valence-corrected chi connectivity index (χ4v) is 3.17. The van der Waals surface area contributed by atoms with Crippen LogP contribution in [0.1, 0.15) is 16.7 Å². The van der Waals surface area contributed by atoms with Gasteiger partial charge in [0, 0.05) is 39.3 Å². The molecule has 2 aromatic rings. The molecule has 142 valence electrons. The van der Waals surface area contributed by atoms with Crippen molar-refractivity contribution in [3.05, 3.63) is 65.2 Å². The lowest BCUT2D eigenvalue weighted by Crippen LogP contribution is -2.45. The Labute approximate surface area is 156 Å². The summed E-state index contributed by atoms with van der Waals surface area (Å²) in [6.45, 7) is 4.95. The van der Waals surface area contributed by atoms with Crippen molar-refractivity contribution in [3.8, 4) is 11.8 Å². The number of alkyl halides is 3. The number of rotatable bonds is 5. The lowest BCUT2D eigenvalue weighted by molar-refractivity contribution is -0.274. The maximum absolute atomic E-state index is 12.2. The molecule has 27 heavy (non-hydrogen) atoms. The van der Waals surface area contributed by atoms with E-state index in [1.807, 2.05) is 24.3 Å². The molecule has 7 heteroatoms. The zero-order valence-electron chi connectivity index (χ0n) is 14.7. The Hall–Kier alpha value is -2.56. The Kier molecular flexibility index (Phi) is 5.99. The highest BCUT2D eigenvalue weighted by Crippen LogP contribution is 2.23. The van der Waals surface area contributed by atoms with E-state index in [0.717, 1.165) is 43.9 Å². The molecule has 0 amide bonds. The Morgan fingerprint density at radius 2 is 1.48 bits per heavy atom. The van der Waals surface area contributed by atoms with E-state index in [1.165, 1.54) is 12.1 Å². The van der Waals surface area contributed by atoms with Gasteiger partial charge in [0.25, 0.3) is 0 Å². The first kappa shape index (κ1) is 19.2.